The molecule has 1 aromatic rings. The van der Waals surface area contributed by atoms with Crippen LogP contribution in [0.15, 0.2) is 9.30 Å². The SMILES string of the molecule is CC(C)(C)OC(=O)NCCCNC(=O)c1csc(Br)n1. The van der Waals surface area contributed by atoms with Crippen LogP contribution in [0.2, 0.25) is 0 Å². The van der Waals surface area contributed by atoms with Crippen molar-refractivity contribution in [3.8, 4) is 0 Å². The highest BCUT2D eigenvalue weighted by Gasteiger charge is 2.15. The predicted molar refractivity (Wildman–Crippen MR) is 81.0 cm³/mol. The first-order chi connectivity index (χ1) is 9.28. The van der Waals surface area contributed by atoms with Crippen LogP contribution in [0.3, 0.4) is 0 Å². The summed E-state index contributed by atoms with van der Waals surface area (Å²) in [5.41, 5.74) is -0.113. The first-order valence-corrected chi connectivity index (χ1v) is 7.81. The number of hydrogen-bond donors (Lipinski definition) is 2. The van der Waals surface area contributed by atoms with E-state index in [1.807, 2.05) is 0 Å². The van der Waals surface area contributed by atoms with Gasteiger partial charge in [0.1, 0.15) is 11.3 Å². The fraction of sp³-hybridized carbons (Fsp3) is 0.583. The minimum Gasteiger partial charge on any atom is -0.444 e. The zero-order chi connectivity index (χ0) is 15.2. The number of rotatable bonds is 5. The average molecular weight is 364 g/mol. The Morgan fingerprint density at radius 3 is 2.55 bits per heavy atom. The Kier molecular flexibility index (Phi) is 6.41. The number of thiazole rings is 1. The summed E-state index contributed by atoms with van der Waals surface area (Å²) in [4.78, 5) is 27.0. The predicted octanol–water partition coefficient (Wildman–Crippen LogP) is 2.55. The Morgan fingerprint density at radius 2 is 2.00 bits per heavy atom. The van der Waals surface area contributed by atoms with Crippen molar-refractivity contribution < 1.29 is 14.3 Å². The highest BCUT2D eigenvalue weighted by Crippen LogP contribution is 2.15. The van der Waals surface area contributed by atoms with Gasteiger partial charge in [0.25, 0.3) is 5.91 Å². The van der Waals surface area contributed by atoms with E-state index < -0.39 is 11.7 Å². The van der Waals surface area contributed by atoms with Crippen LogP contribution in [0.5, 0.6) is 0 Å². The van der Waals surface area contributed by atoms with E-state index in [4.69, 9.17) is 4.74 Å². The lowest BCUT2D eigenvalue weighted by molar-refractivity contribution is 0.0527. The molecular formula is C12H18BrN3O3S. The van der Waals surface area contributed by atoms with Crippen LogP contribution >= 0.6 is 27.3 Å². The molecule has 20 heavy (non-hydrogen) atoms. The molecule has 0 aromatic carbocycles. The Morgan fingerprint density at radius 1 is 1.35 bits per heavy atom. The van der Waals surface area contributed by atoms with E-state index in [1.54, 1.807) is 26.2 Å². The van der Waals surface area contributed by atoms with Gasteiger partial charge < -0.3 is 15.4 Å². The second kappa shape index (κ2) is 7.58. The Labute approximate surface area is 130 Å². The van der Waals surface area contributed by atoms with E-state index in [0.717, 1.165) is 0 Å². The maximum Gasteiger partial charge on any atom is 0.407 e. The maximum atomic E-state index is 11.6. The summed E-state index contributed by atoms with van der Waals surface area (Å²) >= 11 is 4.56. The molecule has 6 nitrogen and oxygen atoms in total. The topological polar surface area (TPSA) is 80.3 Å². The van der Waals surface area contributed by atoms with Crippen molar-refractivity contribution in [3.63, 3.8) is 0 Å². The van der Waals surface area contributed by atoms with Crippen molar-refractivity contribution in [2.75, 3.05) is 13.1 Å². The number of aromatic nitrogens is 1. The fourth-order valence-electron chi connectivity index (χ4n) is 1.24. The second-order valence-corrected chi connectivity index (χ2v) is 7.16. The van der Waals surface area contributed by atoms with Gasteiger partial charge in [0.15, 0.2) is 3.92 Å². The molecule has 0 aliphatic rings. The van der Waals surface area contributed by atoms with Gasteiger partial charge in [-0.3, -0.25) is 4.79 Å². The van der Waals surface area contributed by atoms with Gasteiger partial charge >= 0.3 is 6.09 Å². The van der Waals surface area contributed by atoms with Gasteiger partial charge in [-0.15, -0.1) is 11.3 Å². The number of alkyl carbamates (subject to hydrolysis) is 1. The summed E-state index contributed by atoms with van der Waals surface area (Å²) in [6.45, 7) is 6.32. The molecule has 8 heteroatoms. The van der Waals surface area contributed by atoms with Gasteiger partial charge in [-0.05, 0) is 43.1 Å². The van der Waals surface area contributed by atoms with Crippen LogP contribution in [0.25, 0.3) is 0 Å². The number of amides is 2. The summed E-state index contributed by atoms with van der Waals surface area (Å²) in [7, 11) is 0. The molecule has 0 saturated heterocycles. The highest BCUT2D eigenvalue weighted by molar-refractivity contribution is 9.11. The standard InChI is InChI=1S/C12H18BrN3O3S/c1-12(2,3)19-11(18)15-6-4-5-14-9(17)8-7-20-10(13)16-8/h7H,4-6H2,1-3H3,(H,14,17)(H,15,18). The smallest absolute Gasteiger partial charge is 0.407 e. The summed E-state index contributed by atoms with van der Waals surface area (Å²) in [5.74, 6) is -0.218. The maximum absolute atomic E-state index is 11.6. The molecule has 0 fully saturated rings. The average Bonchev–Trinajstić information content (AvgIpc) is 2.73. The molecular weight excluding hydrogens is 346 g/mol. The first kappa shape index (κ1) is 16.9. The molecule has 2 N–H and O–H groups in total. The van der Waals surface area contributed by atoms with Crippen molar-refractivity contribution in [1.82, 2.24) is 15.6 Å². The summed E-state index contributed by atoms with van der Waals surface area (Å²) in [6.07, 6.45) is 0.170. The van der Waals surface area contributed by atoms with Crippen LogP contribution in [0.4, 0.5) is 4.79 Å². The molecule has 0 aliphatic heterocycles. The number of hydrogen-bond acceptors (Lipinski definition) is 5. The first-order valence-electron chi connectivity index (χ1n) is 6.14. The van der Waals surface area contributed by atoms with Crippen LogP contribution < -0.4 is 10.6 Å². The second-order valence-electron chi connectivity index (χ2n) is 5.02. The van der Waals surface area contributed by atoms with E-state index in [9.17, 15) is 9.59 Å². The van der Waals surface area contributed by atoms with E-state index in [-0.39, 0.29) is 5.91 Å². The number of halogens is 1. The van der Waals surface area contributed by atoms with Crippen molar-refractivity contribution in [1.29, 1.82) is 0 Å². The zero-order valence-electron chi connectivity index (χ0n) is 11.7. The van der Waals surface area contributed by atoms with Crippen molar-refractivity contribution >= 4 is 39.3 Å². The molecule has 0 atom stereocenters. The molecule has 1 heterocycles. The third-order valence-corrected chi connectivity index (χ3v) is 3.38. The zero-order valence-corrected chi connectivity index (χ0v) is 14.1. The van der Waals surface area contributed by atoms with Crippen LogP contribution in [-0.4, -0.2) is 35.7 Å². The van der Waals surface area contributed by atoms with Gasteiger partial charge in [0, 0.05) is 18.5 Å². The van der Waals surface area contributed by atoms with Gasteiger partial charge in [0.2, 0.25) is 0 Å². The monoisotopic (exact) mass is 363 g/mol. The lowest BCUT2D eigenvalue weighted by atomic mass is 10.2. The Bertz CT molecular complexity index is 471. The molecule has 1 aromatic heterocycles. The molecule has 0 radical (unpaired) electrons. The molecule has 2 amide bonds. The molecule has 1 rings (SSSR count). The number of carbonyl (C=O) groups excluding carboxylic acids is 2. The molecule has 0 aliphatic carbocycles. The molecule has 112 valence electrons. The van der Waals surface area contributed by atoms with Crippen LogP contribution in [0, 0.1) is 0 Å². The fourth-order valence-corrected chi connectivity index (χ4v) is 2.23. The van der Waals surface area contributed by atoms with Gasteiger partial charge in [0.05, 0.1) is 0 Å². The van der Waals surface area contributed by atoms with Crippen LogP contribution in [-0.2, 0) is 4.74 Å². The van der Waals surface area contributed by atoms with Crippen molar-refractivity contribution in [3.05, 3.63) is 15.0 Å². The third kappa shape index (κ3) is 6.85. The summed E-state index contributed by atoms with van der Waals surface area (Å²) < 4.78 is 5.76. The van der Waals surface area contributed by atoms with Gasteiger partial charge in [-0.25, -0.2) is 9.78 Å². The normalized spacial score (nSPS) is 11.0. The quantitative estimate of drug-likeness (QED) is 0.787. The molecule has 0 unspecified atom stereocenters. The third-order valence-electron chi connectivity index (χ3n) is 2.02. The van der Waals surface area contributed by atoms with Gasteiger partial charge in [-0.1, -0.05) is 0 Å². The molecule has 0 bridgehead atoms. The lowest BCUT2D eigenvalue weighted by Crippen LogP contribution is -2.34. The molecule has 0 saturated carbocycles. The number of nitrogens with zero attached hydrogens (tertiary/aromatic N) is 1. The van der Waals surface area contributed by atoms with E-state index in [0.29, 0.717) is 29.1 Å². The Hall–Kier alpha value is -1.15. The summed E-state index contributed by atoms with van der Waals surface area (Å²) in [6, 6.07) is 0. The van der Waals surface area contributed by atoms with Crippen molar-refractivity contribution in [2.24, 2.45) is 0 Å². The minimum atomic E-state index is -0.504. The largest absolute Gasteiger partial charge is 0.444 e. The minimum absolute atomic E-state index is 0.218. The molecule has 0 spiro atoms. The Balaban J connectivity index is 2.13. The number of carbonyl (C=O) groups is 2. The van der Waals surface area contributed by atoms with E-state index in [2.05, 4.69) is 31.5 Å². The van der Waals surface area contributed by atoms with E-state index in [1.165, 1.54) is 11.3 Å². The van der Waals surface area contributed by atoms with Gasteiger partial charge in [-0.2, -0.15) is 0 Å². The number of nitrogens with one attached hydrogen (secondary N) is 2. The lowest BCUT2D eigenvalue weighted by Gasteiger charge is -2.19. The van der Waals surface area contributed by atoms with E-state index >= 15 is 0 Å². The highest BCUT2D eigenvalue weighted by atomic mass is 79.9. The number of ether oxygens (including phenoxy) is 1. The van der Waals surface area contributed by atoms with Crippen molar-refractivity contribution in [2.45, 2.75) is 32.8 Å². The summed E-state index contributed by atoms with van der Waals surface area (Å²) in [5, 5.41) is 7.03. The van der Waals surface area contributed by atoms with Crippen LogP contribution in [0.1, 0.15) is 37.7 Å².